The van der Waals surface area contributed by atoms with Crippen molar-refractivity contribution in [3.8, 4) is 0 Å². The molecule has 5 nitrogen and oxygen atoms in total. The highest BCUT2D eigenvalue weighted by Crippen LogP contribution is 2.28. The van der Waals surface area contributed by atoms with Gasteiger partial charge < -0.3 is 16.0 Å². The molecule has 1 aliphatic heterocycles. The van der Waals surface area contributed by atoms with Gasteiger partial charge in [-0.3, -0.25) is 9.59 Å². The fourth-order valence-electron chi connectivity index (χ4n) is 2.12. The third kappa shape index (κ3) is 4.82. The van der Waals surface area contributed by atoms with E-state index in [1.54, 1.807) is 6.92 Å². The lowest BCUT2D eigenvalue weighted by atomic mass is 9.80. The van der Waals surface area contributed by atoms with Crippen LogP contribution in [0.2, 0.25) is 0 Å². The third-order valence-electron chi connectivity index (χ3n) is 3.49. The molecule has 1 fully saturated rings. The van der Waals surface area contributed by atoms with Crippen molar-refractivity contribution in [3.63, 3.8) is 0 Å². The molecule has 1 aliphatic rings. The minimum Gasteiger partial charge on any atom is -0.350 e. The fraction of sp³-hybridized carbons (Fsp3) is 0.857. The van der Waals surface area contributed by atoms with Crippen LogP contribution < -0.4 is 16.0 Å². The van der Waals surface area contributed by atoms with Crippen LogP contribution in [0.1, 0.15) is 47.5 Å². The molecule has 1 saturated heterocycles. The van der Waals surface area contributed by atoms with E-state index >= 15 is 0 Å². The van der Waals surface area contributed by atoms with Gasteiger partial charge in [0.15, 0.2) is 0 Å². The Morgan fingerprint density at radius 1 is 1.21 bits per heavy atom. The van der Waals surface area contributed by atoms with Gasteiger partial charge in [0.05, 0.1) is 0 Å². The Balaban J connectivity index is 2.54. The molecule has 0 bridgehead atoms. The van der Waals surface area contributed by atoms with E-state index in [9.17, 15) is 9.59 Å². The fourth-order valence-corrected chi connectivity index (χ4v) is 2.12. The van der Waals surface area contributed by atoms with E-state index in [2.05, 4.69) is 16.0 Å². The molecule has 0 aromatic rings. The number of hydrogen-bond acceptors (Lipinski definition) is 3. The summed E-state index contributed by atoms with van der Waals surface area (Å²) in [5.41, 5.74) is -0.643. The minimum atomic E-state index is -0.501. The highest BCUT2D eigenvalue weighted by atomic mass is 16.2. The van der Waals surface area contributed by atoms with Crippen LogP contribution in [0.25, 0.3) is 0 Å². The molecule has 1 unspecified atom stereocenters. The first-order chi connectivity index (χ1) is 8.64. The molecule has 0 aromatic carbocycles. The summed E-state index contributed by atoms with van der Waals surface area (Å²) in [6.07, 6.45) is 1.62. The maximum atomic E-state index is 12.3. The van der Waals surface area contributed by atoms with Gasteiger partial charge >= 0.3 is 0 Å². The molecule has 0 spiro atoms. The molecule has 1 rings (SSSR count). The van der Waals surface area contributed by atoms with Gasteiger partial charge in [0, 0.05) is 11.0 Å². The van der Waals surface area contributed by atoms with Crippen LogP contribution in [-0.4, -0.2) is 36.5 Å². The lowest BCUT2D eigenvalue weighted by Gasteiger charge is -2.33. The van der Waals surface area contributed by atoms with E-state index < -0.39 is 6.04 Å². The molecule has 2 amide bonds. The molecular formula is C14H27N3O2. The van der Waals surface area contributed by atoms with E-state index in [1.165, 1.54) is 0 Å². The van der Waals surface area contributed by atoms with Crippen LogP contribution in [-0.2, 0) is 9.59 Å². The SMILES string of the molecule is CC(NC(=O)C1(C)CCNCC1)C(=O)NC(C)(C)C. The largest absolute Gasteiger partial charge is 0.350 e. The van der Waals surface area contributed by atoms with Crippen LogP contribution in [0, 0.1) is 5.41 Å². The number of piperidine rings is 1. The summed E-state index contributed by atoms with van der Waals surface area (Å²) in [7, 11) is 0. The highest BCUT2D eigenvalue weighted by molar-refractivity contribution is 5.90. The van der Waals surface area contributed by atoms with Gasteiger partial charge in [0.2, 0.25) is 11.8 Å². The van der Waals surface area contributed by atoms with Crippen LogP contribution in [0.4, 0.5) is 0 Å². The number of carbonyl (C=O) groups is 2. The van der Waals surface area contributed by atoms with Gasteiger partial charge in [0.1, 0.15) is 6.04 Å². The van der Waals surface area contributed by atoms with E-state index in [1.807, 2.05) is 27.7 Å². The van der Waals surface area contributed by atoms with Crippen LogP contribution >= 0.6 is 0 Å². The summed E-state index contributed by atoms with van der Waals surface area (Å²) in [6.45, 7) is 11.2. The van der Waals surface area contributed by atoms with Crippen molar-refractivity contribution in [1.29, 1.82) is 0 Å². The molecule has 3 N–H and O–H groups in total. The zero-order chi connectivity index (χ0) is 14.7. The summed E-state index contributed by atoms with van der Waals surface area (Å²) in [6, 6.07) is -0.501. The summed E-state index contributed by atoms with van der Waals surface area (Å²) >= 11 is 0. The smallest absolute Gasteiger partial charge is 0.242 e. The van der Waals surface area contributed by atoms with Crippen molar-refractivity contribution in [2.75, 3.05) is 13.1 Å². The van der Waals surface area contributed by atoms with Gasteiger partial charge in [-0.2, -0.15) is 0 Å². The third-order valence-corrected chi connectivity index (χ3v) is 3.49. The molecular weight excluding hydrogens is 242 g/mol. The second-order valence-corrected chi connectivity index (χ2v) is 6.75. The van der Waals surface area contributed by atoms with Gasteiger partial charge in [-0.15, -0.1) is 0 Å². The first-order valence-corrected chi connectivity index (χ1v) is 6.98. The van der Waals surface area contributed by atoms with E-state index in [-0.39, 0.29) is 22.8 Å². The van der Waals surface area contributed by atoms with Gasteiger partial charge in [-0.1, -0.05) is 6.92 Å². The lowest BCUT2D eigenvalue weighted by Crippen LogP contribution is -2.54. The van der Waals surface area contributed by atoms with Crippen molar-refractivity contribution in [2.24, 2.45) is 5.41 Å². The van der Waals surface area contributed by atoms with Crippen molar-refractivity contribution in [2.45, 2.75) is 59.0 Å². The molecule has 1 heterocycles. The Hall–Kier alpha value is -1.10. The Labute approximate surface area is 115 Å². The summed E-state index contributed by atoms with van der Waals surface area (Å²) in [4.78, 5) is 24.2. The molecule has 5 heteroatoms. The van der Waals surface area contributed by atoms with Gasteiger partial charge in [-0.05, 0) is 53.6 Å². The molecule has 19 heavy (non-hydrogen) atoms. The predicted octanol–water partition coefficient (Wildman–Crippen LogP) is 0.796. The number of rotatable bonds is 3. The summed E-state index contributed by atoms with van der Waals surface area (Å²) < 4.78 is 0. The van der Waals surface area contributed by atoms with E-state index in [0.717, 1.165) is 25.9 Å². The second-order valence-electron chi connectivity index (χ2n) is 6.75. The normalized spacial score (nSPS) is 20.5. The van der Waals surface area contributed by atoms with Crippen molar-refractivity contribution in [1.82, 2.24) is 16.0 Å². The standard InChI is InChI=1S/C14H27N3O2/c1-10(11(18)17-13(2,3)4)16-12(19)14(5)6-8-15-9-7-14/h10,15H,6-9H2,1-5H3,(H,16,19)(H,17,18). The Bertz CT molecular complexity index is 341. The number of nitrogens with one attached hydrogen (secondary N) is 3. The number of amides is 2. The van der Waals surface area contributed by atoms with Crippen molar-refractivity contribution < 1.29 is 9.59 Å². The summed E-state index contributed by atoms with van der Waals surface area (Å²) in [5, 5.41) is 8.95. The zero-order valence-corrected chi connectivity index (χ0v) is 12.7. The Morgan fingerprint density at radius 3 is 2.21 bits per heavy atom. The van der Waals surface area contributed by atoms with E-state index in [4.69, 9.17) is 0 Å². The zero-order valence-electron chi connectivity index (χ0n) is 12.7. The molecule has 0 aromatic heterocycles. The van der Waals surface area contributed by atoms with Crippen molar-refractivity contribution >= 4 is 11.8 Å². The molecule has 1 atom stereocenters. The predicted molar refractivity (Wildman–Crippen MR) is 75.7 cm³/mol. The molecule has 110 valence electrons. The molecule has 0 saturated carbocycles. The quantitative estimate of drug-likeness (QED) is 0.709. The monoisotopic (exact) mass is 269 g/mol. The minimum absolute atomic E-state index is 0.0226. The lowest BCUT2D eigenvalue weighted by molar-refractivity contribution is -0.135. The second kappa shape index (κ2) is 5.90. The average molecular weight is 269 g/mol. The maximum Gasteiger partial charge on any atom is 0.242 e. The van der Waals surface area contributed by atoms with E-state index in [0.29, 0.717) is 0 Å². The maximum absolute atomic E-state index is 12.3. The van der Waals surface area contributed by atoms with Crippen LogP contribution in [0.3, 0.4) is 0 Å². The van der Waals surface area contributed by atoms with Crippen LogP contribution in [0.15, 0.2) is 0 Å². The van der Waals surface area contributed by atoms with Gasteiger partial charge in [-0.25, -0.2) is 0 Å². The average Bonchev–Trinajstić information content (AvgIpc) is 2.27. The van der Waals surface area contributed by atoms with Gasteiger partial charge in [0.25, 0.3) is 0 Å². The molecule has 0 aliphatic carbocycles. The number of carbonyl (C=O) groups excluding carboxylic acids is 2. The Kier molecular flexibility index (Phi) is 4.96. The first kappa shape index (κ1) is 16.0. The molecule has 0 radical (unpaired) electrons. The highest BCUT2D eigenvalue weighted by Gasteiger charge is 2.36. The topological polar surface area (TPSA) is 70.2 Å². The van der Waals surface area contributed by atoms with Crippen molar-refractivity contribution in [3.05, 3.63) is 0 Å². The summed E-state index contributed by atoms with van der Waals surface area (Å²) in [5.74, 6) is -0.163. The first-order valence-electron chi connectivity index (χ1n) is 6.98. The number of hydrogen-bond donors (Lipinski definition) is 3. The Morgan fingerprint density at radius 2 is 1.74 bits per heavy atom. The van der Waals surface area contributed by atoms with Crippen LogP contribution in [0.5, 0.6) is 0 Å².